The maximum atomic E-state index is 12.2. The van der Waals surface area contributed by atoms with Crippen LogP contribution in [0.5, 0.6) is 0 Å². The van der Waals surface area contributed by atoms with Crippen LogP contribution in [0.2, 0.25) is 0 Å². The van der Waals surface area contributed by atoms with Crippen LogP contribution in [-0.4, -0.2) is 22.6 Å². The molecule has 1 aliphatic rings. The Balaban J connectivity index is 1.57. The number of nitrogens with zero attached hydrogens (tertiary/aromatic N) is 1. The zero-order chi connectivity index (χ0) is 13.1. The van der Waals surface area contributed by atoms with Gasteiger partial charge in [-0.2, -0.15) is 5.10 Å². The van der Waals surface area contributed by atoms with Crippen molar-refractivity contribution in [2.24, 2.45) is 0 Å². The lowest BCUT2D eigenvalue weighted by Gasteiger charge is -2.11. The van der Waals surface area contributed by atoms with E-state index in [-0.39, 0.29) is 11.8 Å². The number of amides is 1. The van der Waals surface area contributed by atoms with Crippen molar-refractivity contribution in [2.75, 3.05) is 6.54 Å². The van der Waals surface area contributed by atoms with Crippen molar-refractivity contribution in [1.82, 2.24) is 15.5 Å². The highest BCUT2D eigenvalue weighted by molar-refractivity contribution is 5.84. The number of hydrogen-bond acceptors (Lipinski definition) is 2. The summed E-state index contributed by atoms with van der Waals surface area (Å²) in [6.45, 7) is 0.664. The molecule has 2 aromatic rings. The van der Waals surface area contributed by atoms with E-state index in [1.807, 2.05) is 18.3 Å². The summed E-state index contributed by atoms with van der Waals surface area (Å²) in [6, 6.07) is 8.24. The van der Waals surface area contributed by atoms with E-state index >= 15 is 0 Å². The number of aryl methyl sites for hydroxylation is 1. The molecule has 0 spiro atoms. The van der Waals surface area contributed by atoms with Gasteiger partial charge in [-0.25, -0.2) is 0 Å². The molecule has 1 atom stereocenters. The molecule has 1 aromatic carbocycles. The van der Waals surface area contributed by atoms with Crippen molar-refractivity contribution in [2.45, 2.75) is 25.2 Å². The third-order valence-corrected chi connectivity index (χ3v) is 3.72. The van der Waals surface area contributed by atoms with Crippen molar-refractivity contribution < 1.29 is 4.79 Å². The van der Waals surface area contributed by atoms with Crippen molar-refractivity contribution >= 4 is 5.91 Å². The van der Waals surface area contributed by atoms with Gasteiger partial charge in [0.25, 0.3) is 0 Å². The zero-order valence-electron chi connectivity index (χ0n) is 10.7. The van der Waals surface area contributed by atoms with E-state index in [1.165, 1.54) is 11.1 Å². The summed E-state index contributed by atoms with van der Waals surface area (Å²) in [7, 11) is 0. The van der Waals surface area contributed by atoms with Crippen LogP contribution in [0.25, 0.3) is 0 Å². The fraction of sp³-hybridized carbons (Fsp3) is 0.333. The van der Waals surface area contributed by atoms with Gasteiger partial charge < -0.3 is 5.32 Å². The molecule has 0 bridgehead atoms. The highest BCUT2D eigenvalue weighted by atomic mass is 16.1. The SMILES string of the molecule is O=C(NCCc1cn[nH]c1)C1CCc2ccccc21. The number of carbonyl (C=O) groups is 1. The molecule has 1 unspecified atom stereocenters. The summed E-state index contributed by atoms with van der Waals surface area (Å²) in [5.41, 5.74) is 3.63. The Morgan fingerprint density at radius 3 is 3.16 bits per heavy atom. The standard InChI is InChI=1S/C15H17N3O/c19-15(16-8-7-11-9-17-18-10-11)14-6-5-12-3-1-2-4-13(12)14/h1-4,9-10,14H,5-8H2,(H,16,19)(H,17,18). The average molecular weight is 255 g/mol. The van der Waals surface area contributed by atoms with Crippen LogP contribution >= 0.6 is 0 Å². The number of hydrogen-bond donors (Lipinski definition) is 2. The van der Waals surface area contributed by atoms with E-state index in [4.69, 9.17) is 0 Å². The Morgan fingerprint density at radius 2 is 2.32 bits per heavy atom. The first-order valence-electron chi connectivity index (χ1n) is 6.68. The van der Waals surface area contributed by atoms with Crippen LogP contribution in [-0.2, 0) is 17.6 Å². The van der Waals surface area contributed by atoms with Crippen LogP contribution in [0.3, 0.4) is 0 Å². The first kappa shape index (κ1) is 12.0. The monoisotopic (exact) mass is 255 g/mol. The highest BCUT2D eigenvalue weighted by Gasteiger charge is 2.27. The van der Waals surface area contributed by atoms with E-state index in [2.05, 4.69) is 27.6 Å². The van der Waals surface area contributed by atoms with E-state index in [0.29, 0.717) is 6.54 Å². The van der Waals surface area contributed by atoms with Crippen LogP contribution < -0.4 is 5.32 Å². The molecule has 1 amide bonds. The molecular weight excluding hydrogens is 238 g/mol. The maximum Gasteiger partial charge on any atom is 0.227 e. The molecule has 19 heavy (non-hydrogen) atoms. The van der Waals surface area contributed by atoms with Crippen LogP contribution in [0.4, 0.5) is 0 Å². The minimum atomic E-state index is 0.0283. The predicted molar refractivity (Wildman–Crippen MR) is 72.8 cm³/mol. The molecule has 4 heteroatoms. The van der Waals surface area contributed by atoms with Gasteiger partial charge in [0.05, 0.1) is 12.1 Å². The fourth-order valence-corrected chi connectivity index (χ4v) is 2.70. The first-order valence-corrected chi connectivity index (χ1v) is 6.68. The van der Waals surface area contributed by atoms with E-state index in [9.17, 15) is 4.79 Å². The van der Waals surface area contributed by atoms with Gasteiger partial charge in [-0.3, -0.25) is 9.89 Å². The molecule has 0 radical (unpaired) electrons. The lowest BCUT2D eigenvalue weighted by Crippen LogP contribution is -2.30. The molecule has 1 heterocycles. The quantitative estimate of drug-likeness (QED) is 0.875. The van der Waals surface area contributed by atoms with Crippen LogP contribution in [0, 0.1) is 0 Å². The third-order valence-electron chi connectivity index (χ3n) is 3.72. The number of aromatic nitrogens is 2. The zero-order valence-corrected chi connectivity index (χ0v) is 10.7. The number of H-pyrrole nitrogens is 1. The number of fused-ring (bicyclic) bond motifs is 1. The van der Waals surface area contributed by atoms with Gasteiger partial charge in [0, 0.05) is 12.7 Å². The summed E-state index contributed by atoms with van der Waals surface area (Å²) >= 11 is 0. The molecular formula is C15H17N3O. The molecule has 0 aliphatic heterocycles. The molecule has 3 rings (SSSR count). The van der Waals surface area contributed by atoms with Gasteiger partial charge in [0.1, 0.15) is 0 Å². The first-order chi connectivity index (χ1) is 9.34. The number of benzene rings is 1. The maximum absolute atomic E-state index is 12.2. The Morgan fingerprint density at radius 1 is 1.42 bits per heavy atom. The number of rotatable bonds is 4. The molecule has 98 valence electrons. The molecule has 0 fully saturated rings. The van der Waals surface area contributed by atoms with Gasteiger partial charge in [-0.1, -0.05) is 24.3 Å². The predicted octanol–water partition coefficient (Wildman–Crippen LogP) is 1.80. The van der Waals surface area contributed by atoms with E-state index in [1.54, 1.807) is 6.20 Å². The minimum absolute atomic E-state index is 0.0283. The Bertz CT molecular complexity index is 563. The molecule has 2 N–H and O–H groups in total. The van der Waals surface area contributed by atoms with E-state index in [0.717, 1.165) is 24.8 Å². The smallest absolute Gasteiger partial charge is 0.227 e. The molecule has 4 nitrogen and oxygen atoms in total. The van der Waals surface area contributed by atoms with Gasteiger partial charge in [0.15, 0.2) is 0 Å². The second-order valence-electron chi connectivity index (χ2n) is 4.94. The summed E-state index contributed by atoms with van der Waals surface area (Å²) in [4.78, 5) is 12.2. The third kappa shape index (κ3) is 2.52. The van der Waals surface area contributed by atoms with Crippen molar-refractivity contribution in [3.05, 3.63) is 53.3 Å². The Labute approximate surface area is 112 Å². The Hall–Kier alpha value is -2.10. The summed E-state index contributed by atoms with van der Waals surface area (Å²) < 4.78 is 0. The fourth-order valence-electron chi connectivity index (χ4n) is 2.70. The summed E-state index contributed by atoms with van der Waals surface area (Å²) in [5.74, 6) is 0.175. The second kappa shape index (κ2) is 5.26. The van der Waals surface area contributed by atoms with Gasteiger partial charge in [-0.05, 0) is 36.0 Å². The lowest BCUT2D eigenvalue weighted by atomic mass is 10.0. The lowest BCUT2D eigenvalue weighted by molar-refractivity contribution is -0.122. The van der Waals surface area contributed by atoms with Crippen molar-refractivity contribution in [1.29, 1.82) is 0 Å². The summed E-state index contributed by atoms with van der Waals surface area (Å²) in [6.07, 6.45) is 6.40. The van der Waals surface area contributed by atoms with Gasteiger partial charge in [0.2, 0.25) is 5.91 Å². The van der Waals surface area contributed by atoms with Crippen LogP contribution in [0.15, 0.2) is 36.7 Å². The number of carbonyl (C=O) groups excluding carboxylic acids is 1. The normalized spacial score (nSPS) is 17.2. The molecule has 1 aliphatic carbocycles. The highest BCUT2D eigenvalue weighted by Crippen LogP contribution is 2.32. The average Bonchev–Trinajstić information content (AvgIpc) is 3.07. The largest absolute Gasteiger partial charge is 0.355 e. The van der Waals surface area contributed by atoms with Crippen molar-refractivity contribution in [3.8, 4) is 0 Å². The topological polar surface area (TPSA) is 57.8 Å². The summed E-state index contributed by atoms with van der Waals surface area (Å²) in [5, 5.41) is 9.69. The molecule has 0 saturated heterocycles. The minimum Gasteiger partial charge on any atom is -0.355 e. The van der Waals surface area contributed by atoms with Crippen LogP contribution in [0.1, 0.15) is 29.0 Å². The second-order valence-corrected chi connectivity index (χ2v) is 4.94. The molecule has 0 saturated carbocycles. The van der Waals surface area contributed by atoms with Gasteiger partial charge >= 0.3 is 0 Å². The number of nitrogens with one attached hydrogen (secondary N) is 2. The molecule has 1 aromatic heterocycles. The van der Waals surface area contributed by atoms with Crippen molar-refractivity contribution in [3.63, 3.8) is 0 Å². The number of aromatic amines is 1. The Kier molecular flexibility index (Phi) is 3.31. The van der Waals surface area contributed by atoms with E-state index < -0.39 is 0 Å². The van der Waals surface area contributed by atoms with Gasteiger partial charge in [-0.15, -0.1) is 0 Å².